The van der Waals surface area contributed by atoms with E-state index in [1.807, 2.05) is 0 Å². The van der Waals surface area contributed by atoms with Crippen molar-refractivity contribution in [3.05, 3.63) is 47.9 Å². The summed E-state index contributed by atoms with van der Waals surface area (Å²) < 4.78 is 20.5. The fraction of sp³-hybridized carbons (Fsp3) is 0.316. The standard InChI is InChI=1S/C19H21NO7/c1-12(15-5-4-8-25-15)20-18(22)10-27-19(23)11-26-16-7-6-14(13(2)21)9-17(16)24-3/h4-9,12H,10-11H2,1-3H3,(H,20,22)/t12-/m0/s1. The van der Waals surface area contributed by atoms with Gasteiger partial charge >= 0.3 is 5.97 Å². The second kappa shape index (κ2) is 9.42. The van der Waals surface area contributed by atoms with Crippen LogP contribution in [0, 0.1) is 0 Å². The van der Waals surface area contributed by atoms with E-state index >= 15 is 0 Å². The van der Waals surface area contributed by atoms with Crippen LogP contribution in [0.15, 0.2) is 41.0 Å². The first-order chi connectivity index (χ1) is 12.9. The zero-order valence-electron chi connectivity index (χ0n) is 15.3. The molecule has 0 radical (unpaired) electrons. The third-order valence-corrected chi connectivity index (χ3v) is 3.63. The van der Waals surface area contributed by atoms with Crippen molar-refractivity contribution in [3.63, 3.8) is 0 Å². The van der Waals surface area contributed by atoms with Gasteiger partial charge in [-0.1, -0.05) is 0 Å². The molecule has 2 aromatic rings. The molecule has 1 N–H and O–H groups in total. The molecule has 0 saturated heterocycles. The molecular weight excluding hydrogens is 354 g/mol. The number of carbonyl (C=O) groups is 3. The maximum absolute atomic E-state index is 11.8. The number of furan rings is 1. The molecule has 1 aromatic carbocycles. The van der Waals surface area contributed by atoms with Gasteiger partial charge in [-0.25, -0.2) is 4.79 Å². The Bertz CT molecular complexity index is 798. The Labute approximate surface area is 156 Å². The Morgan fingerprint density at radius 3 is 2.56 bits per heavy atom. The van der Waals surface area contributed by atoms with Crippen LogP contribution in [0.2, 0.25) is 0 Å². The summed E-state index contributed by atoms with van der Waals surface area (Å²) in [6, 6.07) is 7.72. The van der Waals surface area contributed by atoms with E-state index in [1.165, 1.54) is 32.4 Å². The highest BCUT2D eigenvalue weighted by molar-refractivity contribution is 5.94. The molecule has 0 unspecified atom stereocenters. The molecule has 2 rings (SSSR count). The molecular formula is C19H21NO7. The minimum absolute atomic E-state index is 0.117. The topological polar surface area (TPSA) is 104 Å². The van der Waals surface area contributed by atoms with E-state index < -0.39 is 25.1 Å². The molecule has 0 bridgehead atoms. The van der Waals surface area contributed by atoms with Crippen molar-refractivity contribution in [2.75, 3.05) is 20.3 Å². The Hall–Kier alpha value is -3.29. The third kappa shape index (κ3) is 5.88. The lowest BCUT2D eigenvalue weighted by Gasteiger charge is -2.13. The molecule has 0 aliphatic rings. The number of nitrogens with one attached hydrogen (secondary N) is 1. The van der Waals surface area contributed by atoms with E-state index in [9.17, 15) is 14.4 Å². The van der Waals surface area contributed by atoms with Gasteiger partial charge in [-0.05, 0) is 44.2 Å². The number of esters is 1. The number of amides is 1. The summed E-state index contributed by atoms with van der Waals surface area (Å²) in [6.07, 6.45) is 1.51. The molecule has 144 valence electrons. The van der Waals surface area contributed by atoms with Crippen molar-refractivity contribution in [1.29, 1.82) is 0 Å². The molecule has 0 saturated carbocycles. The van der Waals surface area contributed by atoms with Crippen LogP contribution in [0.3, 0.4) is 0 Å². The lowest BCUT2D eigenvalue weighted by atomic mass is 10.1. The fourth-order valence-corrected chi connectivity index (χ4v) is 2.22. The molecule has 1 atom stereocenters. The van der Waals surface area contributed by atoms with E-state index in [1.54, 1.807) is 25.1 Å². The Morgan fingerprint density at radius 2 is 1.93 bits per heavy atom. The van der Waals surface area contributed by atoms with Gasteiger partial charge in [-0.2, -0.15) is 0 Å². The number of methoxy groups -OCH3 is 1. The van der Waals surface area contributed by atoms with Crippen LogP contribution in [0.25, 0.3) is 0 Å². The predicted octanol–water partition coefficient (Wildman–Crippen LogP) is 2.29. The average molecular weight is 375 g/mol. The van der Waals surface area contributed by atoms with Gasteiger partial charge in [-0.15, -0.1) is 0 Å². The number of hydrogen-bond acceptors (Lipinski definition) is 7. The van der Waals surface area contributed by atoms with E-state index in [0.717, 1.165) is 0 Å². The molecule has 8 nitrogen and oxygen atoms in total. The average Bonchev–Trinajstić information content (AvgIpc) is 3.19. The molecule has 0 fully saturated rings. The van der Waals surface area contributed by atoms with Crippen molar-refractivity contribution in [3.8, 4) is 11.5 Å². The lowest BCUT2D eigenvalue weighted by molar-refractivity contribution is -0.150. The fourth-order valence-electron chi connectivity index (χ4n) is 2.22. The van der Waals surface area contributed by atoms with Gasteiger partial charge in [0.15, 0.2) is 30.5 Å². The van der Waals surface area contributed by atoms with Crippen molar-refractivity contribution in [2.24, 2.45) is 0 Å². The minimum atomic E-state index is -0.714. The minimum Gasteiger partial charge on any atom is -0.493 e. The molecule has 0 aliphatic carbocycles. The smallest absolute Gasteiger partial charge is 0.344 e. The quantitative estimate of drug-likeness (QED) is 0.530. The number of ether oxygens (including phenoxy) is 3. The van der Waals surface area contributed by atoms with Crippen molar-refractivity contribution >= 4 is 17.7 Å². The first kappa shape index (κ1) is 20.0. The number of carbonyl (C=O) groups excluding carboxylic acids is 3. The Morgan fingerprint density at radius 1 is 1.15 bits per heavy atom. The summed E-state index contributed by atoms with van der Waals surface area (Å²) in [5.74, 6) is -0.0897. The van der Waals surface area contributed by atoms with Gasteiger partial charge in [0, 0.05) is 5.56 Å². The van der Waals surface area contributed by atoms with E-state index in [2.05, 4.69) is 5.32 Å². The van der Waals surface area contributed by atoms with Gasteiger partial charge in [0.1, 0.15) is 5.76 Å². The van der Waals surface area contributed by atoms with Crippen LogP contribution in [-0.2, 0) is 14.3 Å². The van der Waals surface area contributed by atoms with Gasteiger partial charge in [0.25, 0.3) is 5.91 Å². The van der Waals surface area contributed by atoms with Crippen LogP contribution in [0.5, 0.6) is 11.5 Å². The number of benzene rings is 1. The molecule has 1 amide bonds. The van der Waals surface area contributed by atoms with Crippen LogP contribution in [0.1, 0.15) is 36.0 Å². The number of hydrogen-bond donors (Lipinski definition) is 1. The molecule has 27 heavy (non-hydrogen) atoms. The largest absolute Gasteiger partial charge is 0.493 e. The second-order valence-corrected chi connectivity index (χ2v) is 5.68. The van der Waals surface area contributed by atoms with Crippen LogP contribution >= 0.6 is 0 Å². The van der Waals surface area contributed by atoms with Gasteiger partial charge in [-0.3, -0.25) is 9.59 Å². The molecule has 1 heterocycles. The summed E-state index contributed by atoms with van der Waals surface area (Å²) in [4.78, 5) is 35.0. The summed E-state index contributed by atoms with van der Waals surface area (Å²) in [7, 11) is 1.43. The van der Waals surface area contributed by atoms with Crippen molar-refractivity contribution in [2.45, 2.75) is 19.9 Å². The molecule has 8 heteroatoms. The first-order valence-electron chi connectivity index (χ1n) is 8.21. The van der Waals surface area contributed by atoms with E-state index in [0.29, 0.717) is 17.1 Å². The van der Waals surface area contributed by atoms with Crippen LogP contribution in [-0.4, -0.2) is 38.0 Å². The van der Waals surface area contributed by atoms with E-state index in [-0.39, 0.29) is 17.6 Å². The van der Waals surface area contributed by atoms with Gasteiger partial charge < -0.3 is 23.9 Å². The SMILES string of the molecule is COc1cc(C(C)=O)ccc1OCC(=O)OCC(=O)N[C@@H](C)c1ccco1. The van der Waals surface area contributed by atoms with Gasteiger partial charge in [0.2, 0.25) is 0 Å². The zero-order chi connectivity index (χ0) is 19.8. The summed E-state index contributed by atoms with van der Waals surface area (Å²) in [6.45, 7) is 2.34. The Kier molecular flexibility index (Phi) is 6.99. The second-order valence-electron chi connectivity index (χ2n) is 5.68. The first-order valence-corrected chi connectivity index (χ1v) is 8.21. The lowest BCUT2D eigenvalue weighted by Crippen LogP contribution is -2.31. The number of rotatable bonds is 9. The monoisotopic (exact) mass is 375 g/mol. The summed E-state index contributed by atoms with van der Waals surface area (Å²) in [5.41, 5.74) is 0.462. The van der Waals surface area contributed by atoms with Crippen LogP contribution in [0.4, 0.5) is 0 Å². The highest BCUT2D eigenvalue weighted by atomic mass is 16.6. The molecule has 0 spiro atoms. The number of Topliss-reactive ketones (excluding diaryl/α,β-unsaturated/α-hetero) is 1. The molecule has 1 aromatic heterocycles. The summed E-state index contributed by atoms with van der Waals surface area (Å²) in [5, 5.41) is 2.64. The zero-order valence-corrected chi connectivity index (χ0v) is 15.3. The third-order valence-electron chi connectivity index (χ3n) is 3.63. The highest BCUT2D eigenvalue weighted by Crippen LogP contribution is 2.28. The predicted molar refractivity (Wildman–Crippen MR) is 94.7 cm³/mol. The van der Waals surface area contributed by atoms with Gasteiger partial charge in [0.05, 0.1) is 19.4 Å². The van der Waals surface area contributed by atoms with Crippen LogP contribution < -0.4 is 14.8 Å². The number of ketones is 1. The summed E-state index contributed by atoms with van der Waals surface area (Å²) >= 11 is 0. The maximum atomic E-state index is 11.8. The highest BCUT2D eigenvalue weighted by Gasteiger charge is 2.15. The van der Waals surface area contributed by atoms with Crippen molar-refractivity contribution < 1.29 is 33.0 Å². The Balaban J connectivity index is 1.79. The molecule has 0 aliphatic heterocycles. The maximum Gasteiger partial charge on any atom is 0.344 e. The van der Waals surface area contributed by atoms with Crippen molar-refractivity contribution in [1.82, 2.24) is 5.32 Å². The van der Waals surface area contributed by atoms with E-state index in [4.69, 9.17) is 18.6 Å². The normalized spacial score (nSPS) is 11.4.